The topological polar surface area (TPSA) is 44.8 Å². The lowest BCUT2D eigenvalue weighted by molar-refractivity contribution is -0.117. The Kier molecular flexibility index (Phi) is 7.51. The van der Waals surface area contributed by atoms with E-state index >= 15 is 0 Å². The zero-order valence-corrected chi connectivity index (χ0v) is 17.5. The molecule has 3 rings (SSSR count). The van der Waals surface area contributed by atoms with Gasteiger partial charge in [-0.2, -0.15) is 0 Å². The number of methoxy groups -OCH3 is 1. The van der Waals surface area contributed by atoms with E-state index < -0.39 is 0 Å². The maximum Gasteiger partial charge on any atom is 0.246 e. The number of rotatable bonds is 8. The molecular formula is C22H29N3O2S. The molecule has 1 N–H and O–H groups in total. The molecule has 1 saturated heterocycles. The van der Waals surface area contributed by atoms with Crippen LogP contribution in [-0.4, -0.2) is 57.2 Å². The molecule has 0 aliphatic carbocycles. The minimum atomic E-state index is 0.0226. The van der Waals surface area contributed by atoms with Crippen LogP contribution in [0.1, 0.15) is 18.2 Å². The van der Waals surface area contributed by atoms with Crippen molar-refractivity contribution in [3.05, 3.63) is 52.2 Å². The third-order valence-corrected chi connectivity index (χ3v) is 5.81. The Morgan fingerprint density at radius 1 is 1.18 bits per heavy atom. The van der Waals surface area contributed by atoms with Gasteiger partial charge in [-0.05, 0) is 49.5 Å². The van der Waals surface area contributed by atoms with E-state index in [1.165, 1.54) is 5.69 Å². The lowest BCUT2D eigenvalue weighted by Gasteiger charge is -2.36. The van der Waals surface area contributed by atoms with Gasteiger partial charge >= 0.3 is 0 Å². The zero-order chi connectivity index (χ0) is 19.8. The van der Waals surface area contributed by atoms with Crippen LogP contribution in [0, 0.1) is 0 Å². The molecule has 0 atom stereocenters. The van der Waals surface area contributed by atoms with Crippen LogP contribution in [0.2, 0.25) is 0 Å². The SMILES string of the molecule is COc1ccccc1N1CCN(CCCNC(=O)/C(C)=C/c2cccs2)CC1. The number of carbonyl (C=O) groups is 1. The van der Waals surface area contributed by atoms with Crippen LogP contribution < -0.4 is 15.0 Å². The Labute approximate surface area is 171 Å². The maximum atomic E-state index is 12.2. The molecule has 0 unspecified atom stereocenters. The van der Waals surface area contributed by atoms with E-state index in [-0.39, 0.29) is 5.91 Å². The standard InChI is InChI=1S/C22H29N3O2S/c1-18(17-19-7-5-16-28-19)22(26)23-10-6-11-24-12-14-25(15-13-24)20-8-3-4-9-21(20)27-2/h3-5,7-9,16-17H,6,10-15H2,1-2H3,(H,23,26)/b18-17+. The highest BCUT2D eigenvalue weighted by Gasteiger charge is 2.19. The van der Waals surface area contributed by atoms with Crippen molar-refractivity contribution in [1.82, 2.24) is 10.2 Å². The van der Waals surface area contributed by atoms with Crippen LogP contribution >= 0.6 is 11.3 Å². The van der Waals surface area contributed by atoms with Gasteiger partial charge in [0, 0.05) is 43.2 Å². The Morgan fingerprint density at radius 2 is 1.96 bits per heavy atom. The first kappa shape index (κ1) is 20.4. The van der Waals surface area contributed by atoms with Crippen LogP contribution in [0.25, 0.3) is 6.08 Å². The monoisotopic (exact) mass is 399 g/mol. The van der Waals surface area contributed by atoms with Crippen molar-refractivity contribution >= 4 is 29.0 Å². The van der Waals surface area contributed by atoms with Gasteiger partial charge in [0.15, 0.2) is 0 Å². The Balaban J connectivity index is 1.36. The summed E-state index contributed by atoms with van der Waals surface area (Å²) in [5.41, 5.74) is 1.93. The van der Waals surface area contributed by atoms with E-state index in [2.05, 4.69) is 27.2 Å². The lowest BCUT2D eigenvalue weighted by Crippen LogP contribution is -2.47. The Bertz CT molecular complexity index is 781. The number of hydrogen-bond donors (Lipinski definition) is 1. The molecule has 2 aromatic rings. The van der Waals surface area contributed by atoms with Crippen LogP contribution in [0.5, 0.6) is 5.75 Å². The number of piperazine rings is 1. The van der Waals surface area contributed by atoms with Crippen LogP contribution in [0.3, 0.4) is 0 Å². The van der Waals surface area contributed by atoms with Crippen LogP contribution in [0.4, 0.5) is 5.69 Å². The first-order valence-electron chi connectivity index (χ1n) is 9.77. The molecule has 1 aliphatic heterocycles. The lowest BCUT2D eigenvalue weighted by atomic mass is 10.2. The fourth-order valence-electron chi connectivity index (χ4n) is 3.40. The molecule has 6 heteroatoms. The predicted molar refractivity (Wildman–Crippen MR) is 117 cm³/mol. The third-order valence-electron chi connectivity index (χ3n) is 4.99. The summed E-state index contributed by atoms with van der Waals surface area (Å²) < 4.78 is 5.48. The van der Waals surface area contributed by atoms with Crippen molar-refractivity contribution in [2.75, 3.05) is 51.3 Å². The summed E-state index contributed by atoms with van der Waals surface area (Å²) in [7, 11) is 1.72. The van der Waals surface area contributed by atoms with Gasteiger partial charge in [0.2, 0.25) is 5.91 Å². The summed E-state index contributed by atoms with van der Waals surface area (Å²) in [4.78, 5) is 18.1. The van der Waals surface area contributed by atoms with Gasteiger partial charge in [0.25, 0.3) is 0 Å². The van der Waals surface area contributed by atoms with Gasteiger partial charge in [-0.3, -0.25) is 9.69 Å². The number of nitrogens with zero attached hydrogens (tertiary/aromatic N) is 2. The average Bonchev–Trinajstić information content (AvgIpc) is 3.24. The number of ether oxygens (including phenoxy) is 1. The normalized spacial score (nSPS) is 15.5. The number of nitrogens with one attached hydrogen (secondary N) is 1. The van der Waals surface area contributed by atoms with E-state index in [0.29, 0.717) is 6.54 Å². The van der Waals surface area contributed by atoms with Crippen molar-refractivity contribution in [3.8, 4) is 5.75 Å². The first-order valence-corrected chi connectivity index (χ1v) is 10.7. The molecule has 5 nitrogen and oxygen atoms in total. The molecule has 1 aromatic carbocycles. The molecule has 0 radical (unpaired) electrons. The fraction of sp³-hybridized carbons (Fsp3) is 0.409. The summed E-state index contributed by atoms with van der Waals surface area (Å²) in [5, 5.41) is 5.05. The fourth-order valence-corrected chi connectivity index (χ4v) is 4.12. The number of benzene rings is 1. The van der Waals surface area contributed by atoms with Gasteiger partial charge < -0.3 is 15.0 Å². The molecule has 1 aliphatic rings. The minimum Gasteiger partial charge on any atom is -0.495 e. The van der Waals surface area contributed by atoms with E-state index in [1.54, 1.807) is 18.4 Å². The van der Waals surface area contributed by atoms with Gasteiger partial charge in [-0.25, -0.2) is 0 Å². The smallest absolute Gasteiger partial charge is 0.246 e. The molecular weight excluding hydrogens is 370 g/mol. The quantitative estimate of drug-likeness (QED) is 0.545. The molecule has 1 amide bonds. The Morgan fingerprint density at radius 3 is 2.68 bits per heavy atom. The van der Waals surface area contributed by atoms with Gasteiger partial charge in [0.05, 0.1) is 12.8 Å². The summed E-state index contributed by atoms with van der Waals surface area (Å²) in [6.07, 6.45) is 2.91. The van der Waals surface area contributed by atoms with Crippen molar-refractivity contribution < 1.29 is 9.53 Å². The van der Waals surface area contributed by atoms with Crippen LogP contribution in [0.15, 0.2) is 47.4 Å². The molecule has 1 aromatic heterocycles. The van der Waals surface area contributed by atoms with E-state index in [0.717, 1.165) is 55.3 Å². The summed E-state index contributed by atoms with van der Waals surface area (Å²) in [5.74, 6) is 0.957. The number of anilines is 1. The first-order chi connectivity index (χ1) is 13.7. The molecule has 1 fully saturated rings. The van der Waals surface area contributed by atoms with Gasteiger partial charge in [0.1, 0.15) is 5.75 Å². The molecule has 0 saturated carbocycles. The second kappa shape index (κ2) is 10.3. The summed E-state index contributed by atoms with van der Waals surface area (Å²) in [6, 6.07) is 12.2. The molecule has 2 heterocycles. The highest BCUT2D eigenvalue weighted by atomic mass is 32.1. The van der Waals surface area contributed by atoms with Crippen molar-refractivity contribution in [2.24, 2.45) is 0 Å². The highest BCUT2D eigenvalue weighted by molar-refractivity contribution is 7.10. The predicted octanol–water partition coefficient (Wildman–Crippen LogP) is 3.49. The maximum absolute atomic E-state index is 12.2. The number of para-hydroxylation sites is 2. The number of carbonyl (C=O) groups excluding carboxylic acids is 1. The zero-order valence-electron chi connectivity index (χ0n) is 16.7. The van der Waals surface area contributed by atoms with Gasteiger partial charge in [-0.1, -0.05) is 18.2 Å². The van der Waals surface area contributed by atoms with Crippen LogP contribution in [-0.2, 0) is 4.79 Å². The summed E-state index contributed by atoms with van der Waals surface area (Å²) in [6.45, 7) is 7.64. The number of thiophene rings is 1. The Hall–Kier alpha value is -2.31. The molecule has 150 valence electrons. The van der Waals surface area contributed by atoms with Crippen molar-refractivity contribution in [3.63, 3.8) is 0 Å². The third kappa shape index (κ3) is 5.59. The molecule has 28 heavy (non-hydrogen) atoms. The average molecular weight is 400 g/mol. The van der Waals surface area contributed by atoms with E-state index in [4.69, 9.17) is 4.74 Å². The highest BCUT2D eigenvalue weighted by Crippen LogP contribution is 2.28. The van der Waals surface area contributed by atoms with E-state index in [1.807, 2.05) is 42.6 Å². The van der Waals surface area contributed by atoms with Crippen molar-refractivity contribution in [2.45, 2.75) is 13.3 Å². The van der Waals surface area contributed by atoms with E-state index in [9.17, 15) is 4.79 Å². The molecule has 0 bridgehead atoms. The van der Waals surface area contributed by atoms with Gasteiger partial charge in [-0.15, -0.1) is 11.3 Å². The number of amides is 1. The second-order valence-electron chi connectivity index (χ2n) is 6.95. The van der Waals surface area contributed by atoms with Crippen molar-refractivity contribution in [1.29, 1.82) is 0 Å². The molecule has 0 spiro atoms. The minimum absolute atomic E-state index is 0.0226. The number of hydrogen-bond acceptors (Lipinski definition) is 5. The second-order valence-corrected chi connectivity index (χ2v) is 7.93. The summed E-state index contributed by atoms with van der Waals surface area (Å²) >= 11 is 1.64. The largest absolute Gasteiger partial charge is 0.495 e.